The predicted molar refractivity (Wildman–Crippen MR) is 61.8 cm³/mol. The molecule has 0 aliphatic heterocycles. The second-order valence-electron chi connectivity index (χ2n) is 3.06. The first kappa shape index (κ1) is 11.4. The number of thiophene rings is 1. The molecule has 0 saturated heterocycles. The second-order valence-corrected chi connectivity index (χ2v) is 4.69. The van der Waals surface area contributed by atoms with Crippen molar-refractivity contribution >= 4 is 33.0 Å². The average Bonchev–Trinajstić information content (AvgIpc) is 2.77. The quantitative estimate of drug-likeness (QED) is 0.605. The summed E-state index contributed by atoms with van der Waals surface area (Å²) in [4.78, 5) is 11.8. The minimum Gasteiger partial charge on any atom is -0.288 e. The van der Waals surface area contributed by atoms with E-state index in [1.165, 1.54) is 23.5 Å². The third kappa shape index (κ3) is 1.92. The van der Waals surface area contributed by atoms with E-state index in [4.69, 9.17) is 0 Å². The highest BCUT2D eigenvalue weighted by atomic mass is 79.9. The average molecular weight is 303 g/mol. The summed E-state index contributed by atoms with van der Waals surface area (Å²) in [5.74, 6) is -2.36. The second kappa shape index (κ2) is 4.43. The maximum absolute atomic E-state index is 13.6. The number of rotatable bonds is 2. The van der Waals surface area contributed by atoms with E-state index in [2.05, 4.69) is 15.9 Å². The van der Waals surface area contributed by atoms with Crippen molar-refractivity contribution in [3.63, 3.8) is 0 Å². The molecule has 1 aromatic heterocycles. The van der Waals surface area contributed by atoms with E-state index < -0.39 is 23.0 Å². The van der Waals surface area contributed by atoms with Gasteiger partial charge in [0.05, 0.1) is 10.0 Å². The van der Waals surface area contributed by atoms with Crippen LogP contribution in [-0.4, -0.2) is 5.78 Å². The zero-order valence-electron chi connectivity index (χ0n) is 7.84. The largest absolute Gasteiger partial charge is 0.288 e. The van der Waals surface area contributed by atoms with Gasteiger partial charge in [0, 0.05) is 10.9 Å². The molecule has 0 bridgehead atoms. The smallest absolute Gasteiger partial charge is 0.199 e. The van der Waals surface area contributed by atoms with Crippen molar-refractivity contribution in [2.24, 2.45) is 0 Å². The Kier molecular flexibility index (Phi) is 3.16. The maximum atomic E-state index is 13.6. The molecule has 16 heavy (non-hydrogen) atoms. The Balaban J connectivity index is 2.56. The fourth-order valence-corrected chi connectivity index (χ4v) is 2.24. The Hall–Kier alpha value is -1.07. The van der Waals surface area contributed by atoms with E-state index in [1.807, 2.05) is 0 Å². The van der Waals surface area contributed by atoms with Gasteiger partial charge < -0.3 is 0 Å². The summed E-state index contributed by atoms with van der Waals surface area (Å²) in [6.45, 7) is 0. The predicted octanol–water partition coefficient (Wildman–Crippen LogP) is 4.02. The molecule has 0 saturated carbocycles. The van der Waals surface area contributed by atoms with Gasteiger partial charge in [-0.05, 0) is 39.5 Å². The summed E-state index contributed by atoms with van der Waals surface area (Å²) >= 11 is 4.22. The van der Waals surface area contributed by atoms with E-state index in [-0.39, 0.29) is 4.47 Å². The molecule has 0 aliphatic carbocycles. The minimum atomic E-state index is -0.865. The summed E-state index contributed by atoms with van der Waals surface area (Å²) in [6.07, 6.45) is 0. The first-order valence-electron chi connectivity index (χ1n) is 4.31. The van der Waals surface area contributed by atoms with E-state index in [9.17, 15) is 13.6 Å². The van der Waals surface area contributed by atoms with Crippen molar-refractivity contribution in [3.8, 4) is 0 Å². The molecular weight excluding hydrogens is 298 g/mol. The highest BCUT2D eigenvalue weighted by Crippen LogP contribution is 2.24. The molecule has 0 radical (unpaired) electrons. The van der Waals surface area contributed by atoms with Crippen molar-refractivity contribution in [1.29, 1.82) is 0 Å². The third-order valence-electron chi connectivity index (χ3n) is 2.05. The summed E-state index contributed by atoms with van der Waals surface area (Å²) in [7, 11) is 0. The van der Waals surface area contributed by atoms with E-state index >= 15 is 0 Å². The molecule has 0 N–H and O–H groups in total. The molecule has 0 aliphatic rings. The van der Waals surface area contributed by atoms with Gasteiger partial charge in [-0.1, -0.05) is 0 Å². The van der Waals surface area contributed by atoms with Crippen LogP contribution in [0.3, 0.4) is 0 Å². The van der Waals surface area contributed by atoms with Gasteiger partial charge in [-0.2, -0.15) is 11.3 Å². The SMILES string of the molecule is O=C(c1ccsc1)c1c(F)ccc(Br)c1F. The Bertz CT molecular complexity index is 537. The van der Waals surface area contributed by atoms with Crippen LogP contribution in [0.4, 0.5) is 8.78 Å². The highest BCUT2D eigenvalue weighted by molar-refractivity contribution is 9.10. The number of halogens is 3. The molecule has 2 aromatic rings. The lowest BCUT2D eigenvalue weighted by molar-refractivity contribution is 0.103. The van der Waals surface area contributed by atoms with Crippen molar-refractivity contribution in [2.45, 2.75) is 0 Å². The van der Waals surface area contributed by atoms with Crippen molar-refractivity contribution in [2.75, 3.05) is 0 Å². The van der Waals surface area contributed by atoms with Crippen LogP contribution in [0.25, 0.3) is 0 Å². The first-order chi connectivity index (χ1) is 7.61. The summed E-state index contributed by atoms with van der Waals surface area (Å²) < 4.78 is 27.1. The number of ketones is 1. The van der Waals surface area contributed by atoms with Crippen LogP contribution in [-0.2, 0) is 0 Å². The number of hydrogen-bond acceptors (Lipinski definition) is 2. The molecule has 1 heterocycles. The molecule has 0 spiro atoms. The summed E-state index contributed by atoms with van der Waals surface area (Å²) in [6, 6.07) is 3.83. The van der Waals surface area contributed by atoms with Gasteiger partial charge in [-0.25, -0.2) is 8.78 Å². The standard InChI is InChI=1S/C11H5BrF2OS/c12-7-1-2-8(13)9(10(7)14)11(15)6-3-4-16-5-6/h1-5H. The van der Waals surface area contributed by atoms with Crippen LogP contribution in [0.5, 0.6) is 0 Å². The molecule has 0 amide bonds. The van der Waals surface area contributed by atoms with Crippen LogP contribution in [0, 0.1) is 11.6 Å². The third-order valence-corrected chi connectivity index (χ3v) is 3.35. The van der Waals surface area contributed by atoms with Crippen LogP contribution in [0.15, 0.2) is 33.4 Å². The number of carbonyl (C=O) groups excluding carboxylic acids is 1. The molecular formula is C11H5BrF2OS. The molecule has 0 fully saturated rings. The Morgan fingerprint density at radius 1 is 1.25 bits per heavy atom. The molecule has 0 unspecified atom stereocenters. The number of benzene rings is 1. The van der Waals surface area contributed by atoms with Crippen LogP contribution in [0.1, 0.15) is 15.9 Å². The van der Waals surface area contributed by atoms with Crippen LogP contribution in [0.2, 0.25) is 0 Å². The zero-order valence-corrected chi connectivity index (χ0v) is 10.2. The molecule has 1 nitrogen and oxygen atoms in total. The highest BCUT2D eigenvalue weighted by Gasteiger charge is 2.21. The van der Waals surface area contributed by atoms with Gasteiger partial charge in [0.25, 0.3) is 0 Å². The summed E-state index contributed by atoms with van der Waals surface area (Å²) in [5, 5.41) is 3.24. The zero-order chi connectivity index (χ0) is 11.7. The van der Waals surface area contributed by atoms with Crippen LogP contribution < -0.4 is 0 Å². The van der Waals surface area contributed by atoms with Crippen LogP contribution >= 0.6 is 27.3 Å². The van der Waals surface area contributed by atoms with Crippen molar-refractivity contribution < 1.29 is 13.6 Å². The Morgan fingerprint density at radius 3 is 2.62 bits per heavy atom. The van der Waals surface area contributed by atoms with Gasteiger partial charge in [0.1, 0.15) is 5.82 Å². The molecule has 1 aromatic carbocycles. The Morgan fingerprint density at radius 2 is 2.00 bits per heavy atom. The fraction of sp³-hybridized carbons (Fsp3) is 0. The molecule has 5 heteroatoms. The van der Waals surface area contributed by atoms with E-state index in [1.54, 1.807) is 10.8 Å². The topological polar surface area (TPSA) is 17.1 Å². The lowest BCUT2D eigenvalue weighted by atomic mass is 10.1. The van der Waals surface area contributed by atoms with Gasteiger partial charge >= 0.3 is 0 Å². The van der Waals surface area contributed by atoms with Crippen molar-refractivity contribution in [1.82, 2.24) is 0 Å². The normalized spacial score (nSPS) is 10.4. The summed E-state index contributed by atoms with van der Waals surface area (Å²) in [5.41, 5.74) is -0.228. The lowest BCUT2D eigenvalue weighted by Crippen LogP contribution is -2.07. The monoisotopic (exact) mass is 302 g/mol. The van der Waals surface area contributed by atoms with Gasteiger partial charge in [0.15, 0.2) is 11.6 Å². The lowest BCUT2D eigenvalue weighted by Gasteiger charge is -2.04. The molecule has 2 rings (SSSR count). The van der Waals surface area contributed by atoms with Gasteiger partial charge in [-0.3, -0.25) is 4.79 Å². The van der Waals surface area contributed by atoms with Crippen molar-refractivity contribution in [3.05, 3.63) is 56.2 Å². The van der Waals surface area contributed by atoms with Gasteiger partial charge in [-0.15, -0.1) is 0 Å². The fourth-order valence-electron chi connectivity index (χ4n) is 1.27. The van der Waals surface area contributed by atoms with E-state index in [0.29, 0.717) is 5.56 Å². The number of carbonyl (C=O) groups is 1. The van der Waals surface area contributed by atoms with E-state index in [0.717, 1.165) is 6.07 Å². The maximum Gasteiger partial charge on any atom is 0.199 e. The Labute approximate surface area is 103 Å². The van der Waals surface area contributed by atoms with Gasteiger partial charge in [0.2, 0.25) is 0 Å². The minimum absolute atomic E-state index is 0.0764. The molecule has 0 atom stereocenters. The first-order valence-corrected chi connectivity index (χ1v) is 6.05. The number of hydrogen-bond donors (Lipinski definition) is 0. The molecule has 82 valence electrons.